The van der Waals surface area contributed by atoms with Crippen LogP contribution < -0.4 is 9.80 Å². The van der Waals surface area contributed by atoms with Crippen LogP contribution in [0.15, 0.2) is 36.4 Å². The van der Waals surface area contributed by atoms with Crippen LogP contribution in [0.25, 0.3) is 21.5 Å². The molecule has 0 heterocycles. The molecular formula is C44H72N2. The fourth-order valence-electron chi connectivity index (χ4n) is 7.37. The molecule has 0 N–H and O–H groups in total. The van der Waals surface area contributed by atoms with Crippen molar-refractivity contribution >= 4 is 32.9 Å². The molecule has 0 atom stereocenters. The number of rotatable bonds is 26. The topological polar surface area (TPSA) is 6.48 Å². The van der Waals surface area contributed by atoms with Gasteiger partial charge in [-0.3, -0.25) is 0 Å². The van der Waals surface area contributed by atoms with Gasteiger partial charge in [0, 0.05) is 37.6 Å². The van der Waals surface area contributed by atoms with Crippen LogP contribution in [0.4, 0.5) is 11.4 Å². The molecule has 3 aromatic carbocycles. The standard InChI is InChI=1S/C44H72N2/c1-7-13-19-25-39-41-29-27-38(46(33-23-17-11-5)34-24-18-12-6)36-44(41)40(26-20-14-8-2)42-30-28-37(35-43(39)42)45(31-21-15-9-3)32-22-16-10-4/h27-30,35-36H,7-26,31-34H2,1-6H3. The van der Waals surface area contributed by atoms with Gasteiger partial charge in [-0.15, -0.1) is 0 Å². The predicted molar refractivity (Wildman–Crippen MR) is 210 cm³/mol. The third-order valence-corrected chi connectivity index (χ3v) is 10.2. The summed E-state index contributed by atoms with van der Waals surface area (Å²) in [5.74, 6) is 0. The molecule has 0 saturated carbocycles. The number of nitrogens with zero attached hydrogens (tertiary/aromatic N) is 2. The third-order valence-electron chi connectivity index (χ3n) is 10.2. The second-order valence-electron chi connectivity index (χ2n) is 14.1. The molecule has 2 heteroatoms. The maximum absolute atomic E-state index is 2.72. The molecule has 0 unspecified atom stereocenters. The van der Waals surface area contributed by atoms with Gasteiger partial charge >= 0.3 is 0 Å². The van der Waals surface area contributed by atoms with Crippen molar-refractivity contribution in [2.45, 2.75) is 170 Å². The number of hydrogen-bond donors (Lipinski definition) is 0. The molecule has 0 aliphatic carbocycles. The maximum atomic E-state index is 2.72. The zero-order valence-corrected chi connectivity index (χ0v) is 31.3. The molecule has 0 bridgehead atoms. The van der Waals surface area contributed by atoms with Crippen molar-refractivity contribution in [1.82, 2.24) is 0 Å². The lowest BCUT2D eigenvalue weighted by Crippen LogP contribution is -2.26. The number of fused-ring (bicyclic) bond motifs is 2. The van der Waals surface area contributed by atoms with Crippen molar-refractivity contribution in [3.63, 3.8) is 0 Å². The van der Waals surface area contributed by atoms with Gasteiger partial charge in [0.25, 0.3) is 0 Å². The van der Waals surface area contributed by atoms with Gasteiger partial charge in [-0.25, -0.2) is 0 Å². The molecule has 0 saturated heterocycles. The highest BCUT2D eigenvalue weighted by Crippen LogP contribution is 2.39. The van der Waals surface area contributed by atoms with Crippen LogP contribution >= 0.6 is 0 Å². The molecule has 258 valence electrons. The van der Waals surface area contributed by atoms with Gasteiger partial charge in [0.15, 0.2) is 0 Å². The summed E-state index contributed by atoms with van der Waals surface area (Å²) in [7, 11) is 0. The van der Waals surface area contributed by atoms with Gasteiger partial charge in [-0.05, 0) is 108 Å². The summed E-state index contributed by atoms with van der Waals surface area (Å²) in [6.07, 6.45) is 25.7. The Balaban J connectivity index is 2.20. The van der Waals surface area contributed by atoms with E-state index < -0.39 is 0 Å². The number of benzene rings is 3. The number of anilines is 2. The lowest BCUT2D eigenvalue weighted by atomic mass is 9.86. The monoisotopic (exact) mass is 629 g/mol. The van der Waals surface area contributed by atoms with Gasteiger partial charge in [-0.1, -0.05) is 131 Å². The Morgan fingerprint density at radius 3 is 0.957 bits per heavy atom. The van der Waals surface area contributed by atoms with Crippen molar-refractivity contribution in [1.29, 1.82) is 0 Å². The highest BCUT2D eigenvalue weighted by Gasteiger charge is 2.18. The fourth-order valence-corrected chi connectivity index (χ4v) is 7.37. The van der Waals surface area contributed by atoms with Gasteiger partial charge < -0.3 is 9.80 Å². The van der Waals surface area contributed by atoms with Gasteiger partial charge in [0.2, 0.25) is 0 Å². The quantitative estimate of drug-likeness (QED) is 0.0644. The third kappa shape index (κ3) is 11.5. The summed E-state index contributed by atoms with van der Waals surface area (Å²) in [4.78, 5) is 5.43. The molecule has 0 aliphatic heterocycles. The Morgan fingerprint density at radius 2 is 0.652 bits per heavy atom. The minimum Gasteiger partial charge on any atom is -0.372 e. The predicted octanol–water partition coefficient (Wildman–Crippen LogP) is 13.8. The Bertz CT molecular complexity index is 1130. The second-order valence-corrected chi connectivity index (χ2v) is 14.1. The molecule has 0 spiro atoms. The SMILES string of the molecule is CCCCCc1c2ccc(N(CCCCC)CCCCC)cc2c(CCCCC)c2ccc(N(CCCCC)CCCCC)cc12. The van der Waals surface area contributed by atoms with Crippen LogP contribution in [0.1, 0.15) is 168 Å². The van der Waals surface area contributed by atoms with Crippen LogP contribution in [0.5, 0.6) is 0 Å². The Labute approximate surface area is 285 Å². The molecule has 0 aromatic heterocycles. The summed E-state index contributed by atoms with van der Waals surface area (Å²) in [6.45, 7) is 18.7. The molecule has 0 amide bonds. The van der Waals surface area contributed by atoms with E-state index in [-0.39, 0.29) is 0 Å². The van der Waals surface area contributed by atoms with E-state index in [4.69, 9.17) is 0 Å². The van der Waals surface area contributed by atoms with Crippen molar-refractivity contribution in [3.05, 3.63) is 47.5 Å². The Kier molecular flexibility index (Phi) is 18.6. The molecule has 3 rings (SSSR count). The van der Waals surface area contributed by atoms with E-state index in [9.17, 15) is 0 Å². The Morgan fingerprint density at radius 1 is 0.348 bits per heavy atom. The lowest BCUT2D eigenvalue weighted by molar-refractivity contribution is 0.636. The van der Waals surface area contributed by atoms with E-state index in [1.165, 1.54) is 177 Å². The largest absolute Gasteiger partial charge is 0.372 e. The van der Waals surface area contributed by atoms with Crippen LogP contribution in [0.2, 0.25) is 0 Å². The fraction of sp³-hybridized carbons (Fsp3) is 0.682. The van der Waals surface area contributed by atoms with Crippen LogP contribution in [0, 0.1) is 0 Å². The first-order valence-corrected chi connectivity index (χ1v) is 20.1. The van der Waals surface area contributed by atoms with E-state index in [1.54, 1.807) is 21.9 Å². The minimum absolute atomic E-state index is 1.18. The van der Waals surface area contributed by atoms with Gasteiger partial charge in [-0.2, -0.15) is 0 Å². The average Bonchev–Trinajstić information content (AvgIpc) is 3.07. The normalized spacial score (nSPS) is 11.6. The van der Waals surface area contributed by atoms with Crippen molar-refractivity contribution in [2.75, 3.05) is 36.0 Å². The smallest absolute Gasteiger partial charge is 0.0372 e. The minimum atomic E-state index is 1.18. The molecule has 3 aromatic rings. The van der Waals surface area contributed by atoms with E-state index in [1.807, 2.05) is 0 Å². The summed E-state index contributed by atoms with van der Waals surface area (Å²) in [5.41, 5.74) is 6.11. The number of hydrogen-bond acceptors (Lipinski definition) is 2. The van der Waals surface area contributed by atoms with E-state index in [0.717, 1.165) is 0 Å². The van der Waals surface area contributed by atoms with E-state index >= 15 is 0 Å². The van der Waals surface area contributed by atoms with Crippen molar-refractivity contribution < 1.29 is 0 Å². The van der Waals surface area contributed by atoms with Crippen LogP contribution in [0.3, 0.4) is 0 Å². The summed E-state index contributed by atoms with van der Waals surface area (Å²) < 4.78 is 0. The number of unbranched alkanes of at least 4 members (excludes halogenated alkanes) is 12. The zero-order chi connectivity index (χ0) is 33.0. The second kappa shape index (κ2) is 22.4. The summed E-state index contributed by atoms with van der Waals surface area (Å²) >= 11 is 0. The molecule has 0 radical (unpaired) electrons. The van der Waals surface area contributed by atoms with E-state index in [0.29, 0.717) is 0 Å². The first kappa shape index (κ1) is 38.2. The first-order valence-electron chi connectivity index (χ1n) is 20.1. The van der Waals surface area contributed by atoms with Crippen molar-refractivity contribution in [2.24, 2.45) is 0 Å². The van der Waals surface area contributed by atoms with Crippen molar-refractivity contribution in [3.8, 4) is 0 Å². The lowest BCUT2D eigenvalue weighted by Gasteiger charge is -2.28. The van der Waals surface area contributed by atoms with Gasteiger partial charge in [0.1, 0.15) is 0 Å². The molecule has 0 fully saturated rings. The van der Waals surface area contributed by atoms with Crippen LogP contribution in [-0.2, 0) is 12.8 Å². The summed E-state index contributed by atoms with van der Waals surface area (Å²) in [6, 6.07) is 15.3. The molecular weight excluding hydrogens is 556 g/mol. The Hall–Kier alpha value is -2.22. The van der Waals surface area contributed by atoms with Crippen LogP contribution in [-0.4, -0.2) is 26.2 Å². The molecule has 0 aliphatic rings. The average molecular weight is 629 g/mol. The first-order chi connectivity index (χ1) is 22.6. The highest BCUT2D eigenvalue weighted by molar-refractivity contribution is 6.07. The van der Waals surface area contributed by atoms with Gasteiger partial charge in [0.05, 0.1) is 0 Å². The maximum Gasteiger partial charge on any atom is 0.0372 e. The zero-order valence-electron chi connectivity index (χ0n) is 31.3. The molecule has 2 nitrogen and oxygen atoms in total. The number of aryl methyl sites for hydroxylation is 2. The summed E-state index contributed by atoms with van der Waals surface area (Å²) in [5, 5.41) is 6.14. The van der Waals surface area contributed by atoms with E-state index in [2.05, 4.69) is 87.7 Å². The molecule has 46 heavy (non-hydrogen) atoms. The highest BCUT2D eigenvalue weighted by atomic mass is 15.1.